The highest BCUT2D eigenvalue weighted by Crippen LogP contribution is 2.33. The summed E-state index contributed by atoms with van der Waals surface area (Å²) >= 11 is 0. The fraction of sp³-hybridized carbons (Fsp3) is 0.333. The van der Waals surface area contributed by atoms with Crippen LogP contribution in [0.4, 0.5) is 23.0 Å². The minimum Gasteiger partial charge on any atom is -0.497 e. The summed E-state index contributed by atoms with van der Waals surface area (Å²) in [5, 5.41) is 6.24. The van der Waals surface area contributed by atoms with Crippen LogP contribution in [0.1, 0.15) is 0 Å². The number of methoxy groups -OCH3 is 3. The predicted octanol–water partition coefficient (Wildman–Crippen LogP) is 1.88. The molecule has 0 atom stereocenters. The van der Waals surface area contributed by atoms with Gasteiger partial charge in [-0.25, -0.2) is 9.97 Å². The van der Waals surface area contributed by atoms with E-state index < -0.39 is 0 Å². The number of anilines is 4. The van der Waals surface area contributed by atoms with Gasteiger partial charge in [-0.05, 0) is 12.1 Å². The van der Waals surface area contributed by atoms with Crippen LogP contribution in [0, 0.1) is 0 Å². The summed E-state index contributed by atoms with van der Waals surface area (Å²) < 4.78 is 15.6. The molecule has 0 unspecified atom stereocenters. The van der Waals surface area contributed by atoms with Gasteiger partial charge in [-0.1, -0.05) is 0 Å². The lowest BCUT2D eigenvalue weighted by Crippen LogP contribution is -2.12. The molecule has 4 N–H and O–H groups in total. The number of ether oxygens (including phenoxy) is 3. The Hall–Kier alpha value is -2.74. The van der Waals surface area contributed by atoms with Crippen LogP contribution in [0.3, 0.4) is 0 Å². The molecule has 23 heavy (non-hydrogen) atoms. The van der Waals surface area contributed by atoms with Crippen LogP contribution >= 0.6 is 0 Å². The van der Waals surface area contributed by atoms with Gasteiger partial charge in [-0.3, -0.25) is 0 Å². The topological polar surface area (TPSA) is 104 Å². The molecule has 0 aliphatic rings. The van der Waals surface area contributed by atoms with E-state index in [1.165, 1.54) is 6.33 Å². The van der Waals surface area contributed by atoms with E-state index in [1.807, 2.05) is 6.07 Å². The van der Waals surface area contributed by atoms with Gasteiger partial charge in [0.1, 0.15) is 23.5 Å². The minimum atomic E-state index is 0.411. The Kier molecular flexibility index (Phi) is 5.81. The van der Waals surface area contributed by atoms with Crippen LogP contribution in [-0.4, -0.2) is 44.4 Å². The molecule has 2 rings (SSSR count). The van der Waals surface area contributed by atoms with E-state index in [0.717, 1.165) is 0 Å². The van der Waals surface area contributed by atoms with E-state index in [-0.39, 0.29) is 0 Å². The minimum absolute atomic E-state index is 0.411. The number of nitrogens with one attached hydrogen (secondary N) is 2. The average Bonchev–Trinajstić information content (AvgIpc) is 2.58. The van der Waals surface area contributed by atoms with Crippen molar-refractivity contribution in [3.63, 3.8) is 0 Å². The molecule has 0 aliphatic heterocycles. The lowest BCUT2D eigenvalue weighted by molar-refractivity contribution is 0.210. The number of hydrogen-bond donors (Lipinski definition) is 3. The van der Waals surface area contributed by atoms with E-state index in [4.69, 9.17) is 19.9 Å². The van der Waals surface area contributed by atoms with Crippen molar-refractivity contribution in [2.45, 2.75) is 0 Å². The van der Waals surface area contributed by atoms with Crippen molar-refractivity contribution in [2.75, 3.05) is 50.8 Å². The van der Waals surface area contributed by atoms with Gasteiger partial charge >= 0.3 is 0 Å². The highest BCUT2D eigenvalue weighted by molar-refractivity contribution is 5.79. The summed E-state index contributed by atoms with van der Waals surface area (Å²) in [5.74, 6) is 2.37. The van der Waals surface area contributed by atoms with Crippen LogP contribution in [-0.2, 0) is 4.74 Å². The Morgan fingerprint density at radius 3 is 2.57 bits per heavy atom. The first-order chi connectivity index (χ1) is 11.2. The first kappa shape index (κ1) is 16.6. The molecule has 1 heterocycles. The predicted molar refractivity (Wildman–Crippen MR) is 89.6 cm³/mol. The molecule has 124 valence electrons. The normalized spacial score (nSPS) is 10.2. The van der Waals surface area contributed by atoms with Crippen LogP contribution in [0.15, 0.2) is 24.5 Å². The monoisotopic (exact) mass is 319 g/mol. The van der Waals surface area contributed by atoms with E-state index >= 15 is 0 Å². The standard InChI is InChI=1S/C15H21N5O3/c1-21-7-6-17-14-13(16)15(19-9-18-14)20-11-8-10(22-2)4-5-12(11)23-3/h4-5,8-9H,6-7,16H2,1-3H3,(H2,17,18,19,20). The number of hydrogen-bond acceptors (Lipinski definition) is 8. The molecule has 0 amide bonds. The molecule has 8 nitrogen and oxygen atoms in total. The number of benzene rings is 1. The molecular formula is C15H21N5O3. The largest absolute Gasteiger partial charge is 0.497 e. The lowest BCUT2D eigenvalue weighted by Gasteiger charge is -2.15. The zero-order valence-electron chi connectivity index (χ0n) is 13.4. The molecule has 1 aromatic heterocycles. The van der Waals surface area contributed by atoms with Crippen LogP contribution in [0.25, 0.3) is 0 Å². The molecule has 0 bridgehead atoms. The fourth-order valence-corrected chi connectivity index (χ4v) is 1.95. The Morgan fingerprint density at radius 2 is 1.87 bits per heavy atom. The van der Waals surface area contributed by atoms with Gasteiger partial charge < -0.3 is 30.6 Å². The van der Waals surface area contributed by atoms with Crippen molar-refractivity contribution in [1.82, 2.24) is 9.97 Å². The summed E-state index contributed by atoms with van der Waals surface area (Å²) in [4.78, 5) is 8.31. The summed E-state index contributed by atoms with van der Waals surface area (Å²) in [6, 6.07) is 5.42. The van der Waals surface area contributed by atoms with Gasteiger partial charge in [0.05, 0.1) is 26.5 Å². The highest BCUT2D eigenvalue weighted by Gasteiger charge is 2.11. The molecule has 0 spiro atoms. The SMILES string of the molecule is COCCNc1ncnc(Nc2cc(OC)ccc2OC)c1N. The van der Waals surface area contributed by atoms with Gasteiger partial charge in [0, 0.05) is 19.7 Å². The second kappa shape index (κ2) is 8.04. The maximum absolute atomic E-state index is 6.11. The molecule has 0 aliphatic carbocycles. The zero-order valence-corrected chi connectivity index (χ0v) is 13.4. The number of nitrogens with two attached hydrogens (primary N) is 1. The summed E-state index contributed by atoms with van der Waals surface area (Å²) in [6.07, 6.45) is 1.43. The first-order valence-electron chi connectivity index (χ1n) is 7.02. The Balaban J connectivity index is 2.24. The Bertz CT molecular complexity index is 651. The lowest BCUT2D eigenvalue weighted by atomic mass is 10.2. The molecule has 2 aromatic rings. The summed E-state index contributed by atoms with van der Waals surface area (Å²) in [6.45, 7) is 1.15. The average molecular weight is 319 g/mol. The third-order valence-electron chi connectivity index (χ3n) is 3.14. The maximum Gasteiger partial charge on any atom is 0.159 e. The van der Waals surface area contributed by atoms with E-state index in [0.29, 0.717) is 47.7 Å². The third kappa shape index (κ3) is 4.13. The smallest absolute Gasteiger partial charge is 0.159 e. The van der Waals surface area contributed by atoms with Crippen molar-refractivity contribution >= 4 is 23.0 Å². The van der Waals surface area contributed by atoms with Crippen molar-refractivity contribution in [2.24, 2.45) is 0 Å². The number of rotatable bonds is 8. The van der Waals surface area contributed by atoms with Crippen molar-refractivity contribution < 1.29 is 14.2 Å². The van der Waals surface area contributed by atoms with Gasteiger partial charge in [0.25, 0.3) is 0 Å². The Morgan fingerprint density at radius 1 is 1.09 bits per heavy atom. The zero-order chi connectivity index (χ0) is 16.7. The quantitative estimate of drug-likeness (QED) is 0.634. The number of nitrogens with zero attached hydrogens (tertiary/aromatic N) is 2. The number of aromatic nitrogens is 2. The molecular weight excluding hydrogens is 298 g/mol. The second-order valence-corrected chi connectivity index (χ2v) is 4.60. The fourth-order valence-electron chi connectivity index (χ4n) is 1.95. The molecule has 0 saturated heterocycles. The van der Waals surface area contributed by atoms with Gasteiger partial charge in [-0.15, -0.1) is 0 Å². The third-order valence-corrected chi connectivity index (χ3v) is 3.14. The summed E-state index contributed by atoms with van der Waals surface area (Å²) in [7, 11) is 4.82. The molecule has 0 saturated carbocycles. The highest BCUT2D eigenvalue weighted by atomic mass is 16.5. The van der Waals surface area contributed by atoms with Gasteiger partial charge in [-0.2, -0.15) is 0 Å². The van der Waals surface area contributed by atoms with Crippen LogP contribution in [0.5, 0.6) is 11.5 Å². The molecule has 8 heteroatoms. The van der Waals surface area contributed by atoms with Gasteiger partial charge in [0.2, 0.25) is 0 Å². The molecule has 1 aromatic carbocycles. The maximum atomic E-state index is 6.11. The van der Waals surface area contributed by atoms with E-state index in [1.54, 1.807) is 33.5 Å². The second-order valence-electron chi connectivity index (χ2n) is 4.60. The summed E-state index contributed by atoms with van der Waals surface area (Å²) in [5.41, 5.74) is 7.22. The Labute approximate surface area is 135 Å². The van der Waals surface area contributed by atoms with E-state index in [9.17, 15) is 0 Å². The number of nitrogen functional groups attached to an aromatic ring is 1. The van der Waals surface area contributed by atoms with Crippen molar-refractivity contribution in [3.8, 4) is 11.5 Å². The molecule has 0 radical (unpaired) electrons. The first-order valence-corrected chi connectivity index (χ1v) is 7.02. The van der Waals surface area contributed by atoms with Crippen LogP contribution < -0.4 is 25.8 Å². The van der Waals surface area contributed by atoms with Crippen LogP contribution in [0.2, 0.25) is 0 Å². The molecule has 0 fully saturated rings. The van der Waals surface area contributed by atoms with Gasteiger partial charge in [0.15, 0.2) is 11.6 Å². The van der Waals surface area contributed by atoms with Crippen molar-refractivity contribution in [3.05, 3.63) is 24.5 Å². The van der Waals surface area contributed by atoms with Crippen molar-refractivity contribution in [1.29, 1.82) is 0 Å². The van der Waals surface area contributed by atoms with E-state index in [2.05, 4.69) is 20.6 Å².